The third-order valence-corrected chi connectivity index (χ3v) is 2.83. The highest BCUT2D eigenvalue weighted by Gasteiger charge is 2.05. The maximum absolute atomic E-state index is 4.40. The summed E-state index contributed by atoms with van der Waals surface area (Å²) in [5.74, 6) is 0. The van der Waals surface area contributed by atoms with Crippen LogP contribution in [-0.4, -0.2) is 16.8 Å². The smallest absolute Gasteiger partial charge is 0.0923 e. The van der Waals surface area contributed by atoms with Crippen LogP contribution in [0.15, 0.2) is 36.5 Å². The monoisotopic (exact) mass is 215 g/mol. The van der Waals surface area contributed by atoms with E-state index in [0.29, 0.717) is 6.04 Å². The fourth-order valence-electron chi connectivity index (χ4n) is 1.70. The van der Waals surface area contributed by atoms with E-state index >= 15 is 0 Å². The molecule has 0 aliphatic heterocycles. The van der Waals surface area contributed by atoms with Crippen LogP contribution in [0.25, 0.3) is 11.3 Å². The molecule has 0 saturated heterocycles. The van der Waals surface area contributed by atoms with E-state index in [4.69, 9.17) is 0 Å². The van der Waals surface area contributed by atoms with Crippen molar-refractivity contribution in [3.63, 3.8) is 0 Å². The number of nitrogens with one attached hydrogen (secondary N) is 1. The van der Waals surface area contributed by atoms with E-state index in [0.717, 1.165) is 5.69 Å². The Hall–Kier alpha value is -1.61. The topological polar surface area (TPSA) is 29.9 Å². The van der Waals surface area contributed by atoms with Crippen LogP contribution in [0.2, 0.25) is 0 Å². The van der Waals surface area contributed by atoms with E-state index in [1.807, 2.05) is 31.0 Å². The molecule has 1 unspecified atom stereocenters. The van der Waals surface area contributed by atoms with E-state index < -0.39 is 0 Å². The van der Waals surface area contributed by atoms with E-state index in [-0.39, 0.29) is 0 Å². The number of hydrogen-bond donors (Lipinski definition) is 1. The highest BCUT2D eigenvalue weighted by molar-refractivity contribution is 5.59. The summed E-state index contributed by atoms with van der Waals surface area (Å²) < 4.78 is 1.82. The van der Waals surface area contributed by atoms with Crippen LogP contribution in [0.5, 0.6) is 0 Å². The molecule has 0 amide bonds. The van der Waals surface area contributed by atoms with Crippen molar-refractivity contribution in [1.82, 2.24) is 15.1 Å². The summed E-state index contributed by atoms with van der Waals surface area (Å²) in [4.78, 5) is 0. The highest BCUT2D eigenvalue weighted by atomic mass is 15.2. The van der Waals surface area contributed by atoms with Gasteiger partial charge in [0.15, 0.2) is 0 Å². The molecule has 0 saturated carbocycles. The number of aromatic nitrogens is 2. The first-order valence-electron chi connectivity index (χ1n) is 5.48. The molecular formula is C13H17N3. The SMILES string of the molecule is CNC(C)c1cccc(-c2ccn(C)n2)c1. The average Bonchev–Trinajstić information content (AvgIpc) is 2.75. The maximum atomic E-state index is 4.40. The second-order valence-corrected chi connectivity index (χ2v) is 4.01. The molecule has 0 fully saturated rings. The zero-order valence-electron chi connectivity index (χ0n) is 9.94. The molecule has 1 heterocycles. The Morgan fingerprint density at radius 1 is 1.31 bits per heavy atom. The van der Waals surface area contributed by atoms with Crippen LogP contribution < -0.4 is 5.32 Å². The third-order valence-electron chi connectivity index (χ3n) is 2.83. The molecule has 1 N–H and O–H groups in total. The second-order valence-electron chi connectivity index (χ2n) is 4.01. The Bertz CT molecular complexity index is 474. The minimum atomic E-state index is 0.365. The lowest BCUT2D eigenvalue weighted by atomic mass is 10.0. The molecule has 1 aromatic heterocycles. The Balaban J connectivity index is 2.36. The van der Waals surface area contributed by atoms with Gasteiger partial charge in [-0.25, -0.2) is 0 Å². The Labute approximate surface area is 96.1 Å². The molecule has 1 aromatic carbocycles. The van der Waals surface area contributed by atoms with E-state index in [1.54, 1.807) is 0 Å². The van der Waals surface area contributed by atoms with E-state index in [1.165, 1.54) is 11.1 Å². The van der Waals surface area contributed by atoms with Gasteiger partial charge >= 0.3 is 0 Å². The number of benzene rings is 1. The molecule has 0 aliphatic rings. The molecule has 0 spiro atoms. The van der Waals surface area contributed by atoms with Gasteiger partial charge in [-0.05, 0) is 31.7 Å². The van der Waals surface area contributed by atoms with Crippen molar-refractivity contribution in [1.29, 1.82) is 0 Å². The van der Waals surface area contributed by atoms with Gasteiger partial charge in [-0.3, -0.25) is 4.68 Å². The lowest BCUT2D eigenvalue weighted by molar-refractivity contribution is 0.652. The molecule has 0 radical (unpaired) electrons. The molecule has 1 atom stereocenters. The Kier molecular flexibility index (Phi) is 3.06. The van der Waals surface area contributed by atoms with Crippen molar-refractivity contribution in [3.8, 4) is 11.3 Å². The van der Waals surface area contributed by atoms with Crippen molar-refractivity contribution < 1.29 is 0 Å². The van der Waals surface area contributed by atoms with Gasteiger partial charge in [0.25, 0.3) is 0 Å². The summed E-state index contributed by atoms with van der Waals surface area (Å²) in [5, 5.41) is 7.64. The van der Waals surface area contributed by atoms with Crippen molar-refractivity contribution in [2.24, 2.45) is 7.05 Å². The summed E-state index contributed by atoms with van der Waals surface area (Å²) in [6.07, 6.45) is 1.96. The number of aryl methyl sites for hydroxylation is 1. The summed E-state index contributed by atoms with van der Waals surface area (Å²) in [5.41, 5.74) is 3.47. The zero-order valence-corrected chi connectivity index (χ0v) is 9.94. The molecule has 84 valence electrons. The lowest BCUT2D eigenvalue weighted by Gasteiger charge is -2.11. The fourth-order valence-corrected chi connectivity index (χ4v) is 1.70. The molecule has 0 bridgehead atoms. The molecule has 0 aliphatic carbocycles. The van der Waals surface area contributed by atoms with Gasteiger partial charge in [0.2, 0.25) is 0 Å². The van der Waals surface area contributed by atoms with Gasteiger partial charge in [-0.2, -0.15) is 5.10 Å². The maximum Gasteiger partial charge on any atom is 0.0923 e. The van der Waals surface area contributed by atoms with Gasteiger partial charge in [-0.15, -0.1) is 0 Å². The lowest BCUT2D eigenvalue weighted by Crippen LogP contribution is -2.12. The van der Waals surface area contributed by atoms with Crippen LogP contribution in [0.1, 0.15) is 18.5 Å². The van der Waals surface area contributed by atoms with Crippen molar-refractivity contribution >= 4 is 0 Å². The normalized spacial score (nSPS) is 12.7. The number of nitrogens with zero attached hydrogens (tertiary/aromatic N) is 2. The highest BCUT2D eigenvalue weighted by Crippen LogP contribution is 2.21. The molecule has 2 aromatic rings. The number of hydrogen-bond acceptors (Lipinski definition) is 2. The minimum Gasteiger partial charge on any atom is -0.313 e. The third kappa shape index (κ3) is 2.14. The summed E-state index contributed by atoms with van der Waals surface area (Å²) in [7, 11) is 3.90. The van der Waals surface area contributed by atoms with Crippen LogP contribution in [0.4, 0.5) is 0 Å². The first-order valence-corrected chi connectivity index (χ1v) is 5.48. The average molecular weight is 215 g/mol. The van der Waals surface area contributed by atoms with Crippen molar-refractivity contribution in [2.45, 2.75) is 13.0 Å². The predicted octanol–water partition coefficient (Wildman–Crippen LogP) is 2.37. The van der Waals surface area contributed by atoms with Gasteiger partial charge in [0.1, 0.15) is 0 Å². The number of rotatable bonds is 3. The van der Waals surface area contributed by atoms with E-state index in [2.05, 4.69) is 41.6 Å². The van der Waals surface area contributed by atoms with Crippen molar-refractivity contribution in [3.05, 3.63) is 42.1 Å². The summed E-state index contributed by atoms with van der Waals surface area (Å²) in [6, 6.07) is 10.9. The standard InChI is InChI=1S/C13H17N3/c1-10(14-2)11-5-4-6-12(9-11)13-7-8-16(3)15-13/h4-10,14H,1-3H3. The summed E-state index contributed by atoms with van der Waals surface area (Å²) >= 11 is 0. The zero-order chi connectivity index (χ0) is 11.5. The molecule has 3 nitrogen and oxygen atoms in total. The van der Waals surface area contributed by atoms with Crippen LogP contribution >= 0.6 is 0 Å². The first-order chi connectivity index (χ1) is 7.70. The molecule has 2 rings (SSSR count). The fraction of sp³-hybridized carbons (Fsp3) is 0.308. The Morgan fingerprint density at radius 2 is 2.12 bits per heavy atom. The molecule has 3 heteroatoms. The largest absolute Gasteiger partial charge is 0.313 e. The van der Waals surface area contributed by atoms with Crippen LogP contribution in [0, 0.1) is 0 Å². The van der Waals surface area contributed by atoms with Gasteiger partial charge in [-0.1, -0.05) is 18.2 Å². The van der Waals surface area contributed by atoms with Crippen LogP contribution in [-0.2, 0) is 7.05 Å². The molecule has 16 heavy (non-hydrogen) atoms. The van der Waals surface area contributed by atoms with Crippen molar-refractivity contribution in [2.75, 3.05) is 7.05 Å². The minimum absolute atomic E-state index is 0.365. The quantitative estimate of drug-likeness (QED) is 0.851. The van der Waals surface area contributed by atoms with Gasteiger partial charge < -0.3 is 5.32 Å². The van der Waals surface area contributed by atoms with Crippen LogP contribution in [0.3, 0.4) is 0 Å². The predicted molar refractivity (Wildman–Crippen MR) is 66.1 cm³/mol. The van der Waals surface area contributed by atoms with Gasteiger partial charge in [0.05, 0.1) is 5.69 Å². The molecular weight excluding hydrogens is 198 g/mol. The van der Waals surface area contributed by atoms with E-state index in [9.17, 15) is 0 Å². The second kappa shape index (κ2) is 4.49. The first kappa shape index (κ1) is 10.9. The summed E-state index contributed by atoms with van der Waals surface area (Å²) in [6.45, 7) is 2.15. The Morgan fingerprint density at radius 3 is 2.75 bits per heavy atom. The van der Waals surface area contributed by atoms with Gasteiger partial charge in [0, 0.05) is 24.8 Å².